The lowest BCUT2D eigenvalue weighted by molar-refractivity contribution is -0.138. The third-order valence-corrected chi connectivity index (χ3v) is 5.22. The molecule has 1 aliphatic heterocycles. The molecule has 0 unspecified atom stereocenters. The molecule has 1 aromatic rings. The molecule has 2 fully saturated rings. The molecular weight excluding hydrogens is 300 g/mol. The minimum Gasteiger partial charge on any atom is -0.368 e. The highest BCUT2D eigenvalue weighted by atomic mass is 16.5. The molecule has 1 aliphatic carbocycles. The number of likely N-dealkylation sites (N-methyl/N-ethyl adjacent to an activating group) is 1. The van der Waals surface area contributed by atoms with Crippen molar-refractivity contribution in [2.75, 3.05) is 40.3 Å². The highest BCUT2D eigenvalue weighted by Gasteiger charge is 2.33. The maximum Gasteiger partial charge on any atom is 0.248 e. The summed E-state index contributed by atoms with van der Waals surface area (Å²) in [6, 6.07) is 10.7. The van der Waals surface area contributed by atoms with Gasteiger partial charge in [0.2, 0.25) is 5.91 Å². The Balaban J connectivity index is 1.60. The number of hydrogen-bond acceptors (Lipinski definition) is 3. The van der Waals surface area contributed by atoms with Crippen molar-refractivity contribution in [3.63, 3.8) is 0 Å². The van der Waals surface area contributed by atoms with Crippen molar-refractivity contribution in [2.45, 2.75) is 31.8 Å². The molecule has 4 nitrogen and oxygen atoms in total. The van der Waals surface area contributed by atoms with Gasteiger partial charge in [0.25, 0.3) is 0 Å². The number of rotatable bonds is 7. The van der Waals surface area contributed by atoms with Gasteiger partial charge in [0, 0.05) is 39.6 Å². The number of carbonyl (C=O) groups excluding carboxylic acids is 1. The molecule has 1 heterocycles. The van der Waals surface area contributed by atoms with Crippen molar-refractivity contribution < 1.29 is 9.53 Å². The fraction of sp³-hybridized carbons (Fsp3) is 0.650. The Labute approximate surface area is 145 Å². The van der Waals surface area contributed by atoms with Crippen LogP contribution >= 0.6 is 0 Å². The first kappa shape index (κ1) is 17.4. The van der Waals surface area contributed by atoms with Gasteiger partial charge in [-0.15, -0.1) is 0 Å². The number of carbonyl (C=O) groups is 1. The van der Waals surface area contributed by atoms with Gasteiger partial charge < -0.3 is 14.5 Å². The number of piperidine rings is 1. The van der Waals surface area contributed by atoms with E-state index in [1.165, 1.54) is 24.9 Å². The van der Waals surface area contributed by atoms with E-state index in [-0.39, 0.29) is 18.6 Å². The average molecular weight is 330 g/mol. The van der Waals surface area contributed by atoms with Crippen LogP contribution in [-0.2, 0) is 16.0 Å². The lowest BCUT2D eigenvalue weighted by Gasteiger charge is -2.38. The molecule has 0 spiro atoms. The number of hydrogen-bond donors (Lipinski definition) is 0. The van der Waals surface area contributed by atoms with Gasteiger partial charge in [-0.1, -0.05) is 30.3 Å². The average Bonchev–Trinajstić information content (AvgIpc) is 3.38. The van der Waals surface area contributed by atoms with E-state index in [0.29, 0.717) is 5.92 Å². The number of nitrogens with zero attached hydrogens (tertiary/aromatic N) is 2. The monoisotopic (exact) mass is 330 g/mol. The molecule has 2 atom stereocenters. The first-order chi connectivity index (χ1) is 11.6. The predicted molar refractivity (Wildman–Crippen MR) is 95.9 cm³/mol. The van der Waals surface area contributed by atoms with Crippen molar-refractivity contribution in [3.8, 4) is 0 Å². The fourth-order valence-electron chi connectivity index (χ4n) is 3.56. The van der Waals surface area contributed by atoms with Gasteiger partial charge in [-0.05, 0) is 37.2 Å². The maximum absolute atomic E-state index is 11.9. The van der Waals surface area contributed by atoms with E-state index in [9.17, 15) is 4.79 Å². The summed E-state index contributed by atoms with van der Waals surface area (Å²) in [6.45, 7) is 3.63. The fourth-order valence-corrected chi connectivity index (χ4v) is 3.56. The summed E-state index contributed by atoms with van der Waals surface area (Å²) in [5.74, 6) is 1.44. The zero-order valence-corrected chi connectivity index (χ0v) is 15.0. The molecule has 1 saturated carbocycles. The van der Waals surface area contributed by atoms with Crippen LogP contribution in [0, 0.1) is 11.8 Å². The van der Waals surface area contributed by atoms with Crippen molar-refractivity contribution in [1.82, 2.24) is 9.80 Å². The molecule has 24 heavy (non-hydrogen) atoms. The van der Waals surface area contributed by atoms with Gasteiger partial charge in [-0.25, -0.2) is 0 Å². The third-order valence-electron chi connectivity index (χ3n) is 5.22. The van der Waals surface area contributed by atoms with Crippen molar-refractivity contribution in [2.24, 2.45) is 11.8 Å². The maximum atomic E-state index is 11.9. The van der Waals surface area contributed by atoms with Gasteiger partial charge in [0.1, 0.15) is 6.61 Å². The van der Waals surface area contributed by atoms with E-state index in [4.69, 9.17) is 4.74 Å². The van der Waals surface area contributed by atoms with Crippen LogP contribution in [0.2, 0.25) is 0 Å². The number of likely N-dealkylation sites (tertiary alicyclic amines) is 1. The lowest BCUT2D eigenvalue weighted by atomic mass is 9.88. The zero-order valence-electron chi connectivity index (χ0n) is 15.0. The largest absolute Gasteiger partial charge is 0.368 e. The minimum absolute atomic E-state index is 0.0499. The second-order valence-corrected chi connectivity index (χ2v) is 7.58. The molecule has 132 valence electrons. The predicted octanol–water partition coefficient (Wildman–Crippen LogP) is 2.43. The van der Waals surface area contributed by atoms with E-state index < -0.39 is 0 Å². The summed E-state index contributed by atoms with van der Waals surface area (Å²) in [5, 5.41) is 0. The molecule has 1 saturated heterocycles. The summed E-state index contributed by atoms with van der Waals surface area (Å²) in [6.07, 6.45) is 5.05. The summed E-state index contributed by atoms with van der Waals surface area (Å²) < 4.78 is 6.04. The summed E-state index contributed by atoms with van der Waals surface area (Å²) in [5.41, 5.74) is 1.36. The second-order valence-electron chi connectivity index (χ2n) is 7.58. The van der Waals surface area contributed by atoms with E-state index in [2.05, 4.69) is 35.2 Å². The van der Waals surface area contributed by atoms with E-state index in [1.807, 2.05) is 0 Å². The minimum atomic E-state index is 0.0499. The lowest BCUT2D eigenvalue weighted by Crippen LogP contribution is -2.46. The Morgan fingerprint density at radius 2 is 1.96 bits per heavy atom. The van der Waals surface area contributed by atoms with Crippen molar-refractivity contribution in [3.05, 3.63) is 35.9 Å². The Morgan fingerprint density at radius 3 is 2.62 bits per heavy atom. The standard InChI is InChI=1S/C20H30N2O2/c1-21(2)20(23)15-24-19-10-11-22(13-17-8-9-17)14-18(19)12-16-6-4-3-5-7-16/h3-7,17-19H,8-15H2,1-2H3/t18-,19-/m0/s1. The van der Waals surface area contributed by atoms with Gasteiger partial charge in [0.05, 0.1) is 6.10 Å². The normalized spacial score (nSPS) is 24.8. The van der Waals surface area contributed by atoms with E-state index in [0.717, 1.165) is 31.8 Å². The number of amides is 1. The van der Waals surface area contributed by atoms with Gasteiger partial charge in [-0.3, -0.25) is 4.79 Å². The number of ether oxygens (including phenoxy) is 1. The van der Waals surface area contributed by atoms with Crippen LogP contribution in [0.1, 0.15) is 24.8 Å². The zero-order chi connectivity index (χ0) is 16.9. The van der Waals surface area contributed by atoms with Gasteiger partial charge in [0.15, 0.2) is 0 Å². The molecule has 0 aromatic heterocycles. The topological polar surface area (TPSA) is 32.8 Å². The van der Waals surface area contributed by atoms with Crippen LogP contribution in [-0.4, -0.2) is 62.1 Å². The van der Waals surface area contributed by atoms with E-state index in [1.54, 1.807) is 19.0 Å². The van der Waals surface area contributed by atoms with Crippen molar-refractivity contribution in [1.29, 1.82) is 0 Å². The van der Waals surface area contributed by atoms with Crippen LogP contribution in [0.3, 0.4) is 0 Å². The quantitative estimate of drug-likeness (QED) is 0.770. The van der Waals surface area contributed by atoms with Gasteiger partial charge >= 0.3 is 0 Å². The Morgan fingerprint density at radius 1 is 1.21 bits per heavy atom. The SMILES string of the molecule is CN(C)C(=O)CO[C@H]1CCN(CC2CC2)C[C@@H]1Cc1ccccc1. The van der Waals surface area contributed by atoms with Crippen LogP contribution in [0.4, 0.5) is 0 Å². The Bertz CT molecular complexity index is 528. The van der Waals surface area contributed by atoms with Crippen LogP contribution < -0.4 is 0 Å². The van der Waals surface area contributed by atoms with Crippen LogP contribution in [0.15, 0.2) is 30.3 Å². The van der Waals surface area contributed by atoms with Gasteiger partial charge in [-0.2, -0.15) is 0 Å². The molecule has 1 aromatic carbocycles. The van der Waals surface area contributed by atoms with Crippen LogP contribution in [0.25, 0.3) is 0 Å². The smallest absolute Gasteiger partial charge is 0.248 e. The molecule has 0 radical (unpaired) electrons. The molecule has 2 aliphatic rings. The number of benzene rings is 1. The molecular formula is C20H30N2O2. The Hall–Kier alpha value is -1.39. The molecule has 4 heteroatoms. The highest BCUT2D eigenvalue weighted by molar-refractivity contribution is 5.76. The molecule has 3 rings (SSSR count). The molecule has 1 amide bonds. The second kappa shape index (κ2) is 8.13. The molecule has 0 N–H and O–H groups in total. The third kappa shape index (κ3) is 5.05. The van der Waals surface area contributed by atoms with E-state index >= 15 is 0 Å². The summed E-state index contributed by atoms with van der Waals surface area (Å²) in [7, 11) is 3.57. The summed E-state index contributed by atoms with van der Waals surface area (Å²) in [4.78, 5) is 16.1. The molecule has 0 bridgehead atoms. The highest BCUT2D eigenvalue weighted by Crippen LogP contribution is 2.32. The Kier molecular flexibility index (Phi) is 5.90. The first-order valence-electron chi connectivity index (χ1n) is 9.20. The van der Waals surface area contributed by atoms with Crippen LogP contribution in [0.5, 0.6) is 0 Å². The van der Waals surface area contributed by atoms with Crippen molar-refractivity contribution >= 4 is 5.91 Å². The first-order valence-corrected chi connectivity index (χ1v) is 9.20. The summed E-state index contributed by atoms with van der Waals surface area (Å²) >= 11 is 0.